The van der Waals surface area contributed by atoms with Crippen molar-refractivity contribution in [2.75, 3.05) is 0 Å². The van der Waals surface area contributed by atoms with Crippen LogP contribution in [0.5, 0.6) is 5.75 Å². The minimum atomic E-state index is -0.209. The van der Waals surface area contributed by atoms with E-state index in [1.807, 2.05) is 24.3 Å². The number of hydrogen-bond donors (Lipinski definition) is 3. The van der Waals surface area contributed by atoms with Crippen molar-refractivity contribution >= 4 is 0 Å². The van der Waals surface area contributed by atoms with E-state index < -0.39 is 0 Å². The summed E-state index contributed by atoms with van der Waals surface area (Å²) in [5.41, 5.74) is 6.33. The second-order valence-electron chi connectivity index (χ2n) is 9.88. The highest BCUT2D eigenvalue weighted by molar-refractivity contribution is 5.49. The predicted octanol–water partition coefficient (Wildman–Crippen LogP) is 7.65. The number of phenols is 1. The first-order chi connectivity index (χ1) is 15.2. The van der Waals surface area contributed by atoms with Gasteiger partial charge in [-0.2, -0.15) is 0 Å². The Balaban J connectivity index is 1.72. The molecule has 32 heavy (non-hydrogen) atoms. The molecule has 1 aromatic rings. The number of hydrogen-bond acceptors (Lipinski definition) is 3. The molecular weight excluding hydrogens is 396 g/mol. The second-order valence-corrected chi connectivity index (χ2v) is 9.88. The molecule has 0 amide bonds. The Labute approximate surface area is 191 Å². The van der Waals surface area contributed by atoms with Crippen LogP contribution in [0.3, 0.4) is 0 Å². The Morgan fingerprint density at radius 2 is 0.938 bits per heavy atom. The number of aliphatic hydroxyl groups excluding tert-OH is 2. The average Bonchev–Trinajstić information content (AvgIpc) is 2.80. The van der Waals surface area contributed by atoms with Crippen LogP contribution in [0.1, 0.15) is 64.9 Å². The number of rotatable bonds is 5. The molecule has 0 aromatic heterocycles. The summed E-state index contributed by atoms with van der Waals surface area (Å²) >= 11 is 0. The van der Waals surface area contributed by atoms with Crippen molar-refractivity contribution in [1.82, 2.24) is 0 Å². The standard InChI is InChI=1S/C29H34O3/c1-28(2,21-8-14-25(30)15-9-21)20-4-6-22(7-5-20)29(3,23-10-16-26(31)17-11-23)24-12-18-27(32)19-13-24/h4,6,8-10,12,14-16,18,30-32H,5,7,11,13,17,19H2,1-3H3. The van der Waals surface area contributed by atoms with E-state index in [0.29, 0.717) is 30.1 Å². The number of aliphatic hydroxyl groups is 2. The van der Waals surface area contributed by atoms with E-state index >= 15 is 0 Å². The van der Waals surface area contributed by atoms with Gasteiger partial charge >= 0.3 is 0 Å². The lowest BCUT2D eigenvalue weighted by molar-refractivity contribution is 0.369. The van der Waals surface area contributed by atoms with Gasteiger partial charge in [0.25, 0.3) is 0 Å². The molecule has 0 bridgehead atoms. The van der Waals surface area contributed by atoms with Crippen molar-refractivity contribution in [3.8, 4) is 5.75 Å². The lowest BCUT2D eigenvalue weighted by Gasteiger charge is -2.41. The van der Waals surface area contributed by atoms with E-state index in [-0.39, 0.29) is 10.8 Å². The van der Waals surface area contributed by atoms with Gasteiger partial charge in [0.2, 0.25) is 0 Å². The van der Waals surface area contributed by atoms with Crippen molar-refractivity contribution in [3.63, 3.8) is 0 Å². The molecule has 0 saturated carbocycles. The maximum atomic E-state index is 9.92. The number of benzene rings is 1. The molecular formula is C29H34O3. The van der Waals surface area contributed by atoms with Gasteiger partial charge in [-0.3, -0.25) is 0 Å². The van der Waals surface area contributed by atoms with Gasteiger partial charge in [-0.05, 0) is 62.5 Å². The van der Waals surface area contributed by atoms with Crippen molar-refractivity contribution in [3.05, 3.63) is 100 Å². The fourth-order valence-corrected chi connectivity index (χ4v) is 5.34. The van der Waals surface area contributed by atoms with Crippen molar-refractivity contribution in [2.45, 2.75) is 64.7 Å². The highest BCUT2D eigenvalue weighted by Crippen LogP contribution is 2.51. The Kier molecular flexibility index (Phi) is 5.94. The highest BCUT2D eigenvalue weighted by atomic mass is 16.3. The maximum Gasteiger partial charge on any atom is 0.115 e. The average molecular weight is 431 g/mol. The van der Waals surface area contributed by atoms with Crippen LogP contribution < -0.4 is 0 Å². The molecule has 168 valence electrons. The largest absolute Gasteiger partial charge is 0.512 e. The van der Waals surface area contributed by atoms with E-state index in [1.165, 1.54) is 27.9 Å². The van der Waals surface area contributed by atoms with Crippen LogP contribution in [0.25, 0.3) is 0 Å². The van der Waals surface area contributed by atoms with Gasteiger partial charge in [0.05, 0.1) is 11.5 Å². The first-order valence-corrected chi connectivity index (χ1v) is 11.6. The monoisotopic (exact) mass is 430 g/mol. The Morgan fingerprint density at radius 1 is 0.531 bits per heavy atom. The van der Waals surface area contributed by atoms with E-state index in [1.54, 1.807) is 12.1 Å². The zero-order valence-corrected chi connectivity index (χ0v) is 19.4. The molecule has 3 aliphatic carbocycles. The molecule has 0 saturated heterocycles. The van der Waals surface area contributed by atoms with Crippen LogP contribution in [-0.4, -0.2) is 15.3 Å². The van der Waals surface area contributed by atoms with Gasteiger partial charge in [0.1, 0.15) is 5.75 Å². The summed E-state index contributed by atoms with van der Waals surface area (Å²) in [6.07, 6.45) is 17.5. The summed E-state index contributed by atoms with van der Waals surface area (Å²) in [6, 6.07) is 7.54. The summed E-state index contributed by atoms with van der Waals surface area (Å²) in [6.45, 7) is 6.81. The quantitative estimate of drug-likeness (QED) is 0.449. The van der Waals surface area contributed by atoms with Crippen LogP contribution in [0, 0.1) is 5.41 Å². The van der Waals surface area contributed by atoms with Gasteiger partial charge in [-0.1, -0.05) is 72.6 Å². The maximum absolute atomic E-state index is 9.92. The van der Waals surface area contributed by atoms with E-state index in [4.69, 9.17) is 0 Å². The fourth-order valence-electron chi connectivity index (χ4n) is 5.34. The third-order valence-electron chi connectivity index (χ3n) is 7.72. The SMILES string of the molecule is CC(C1=CC=C(O)CC1)(C1=CC=C(O)CC1)C1=CC=C(C(C)(C)c2ccc(O)cc2)CC1. The molecule has 0 fully saturated rings. The van der Waals surface area contributed by atoms with Crippen molar-refractivity contribution in [2.24, 2.45) is 5.41 Å². The van der Waals surface area contributed by atoms with Crippen LogP contribution in [0.4, 0.5) is 0 Å². The molecule has 0 aliphatic heterocycles. The van der Waals surface area contributed by atoms with Crippen LogP contribution in [0.15, 0.2) is 94.5 Å². The topological polar surface area (TPSA) is 60.7 Å². The smallest absolute Gasteiger partial charge is 0.115 e. The fraction of sp³-hybridized carbons (Fsp3) is 0.379. The molecule has 0 radical (unpaired) electrons. The molecule has 3 heteroatoms. The summed E-state index contributed by atoms with van der Waals surface area (Å²) in [5, 5.41) is 29.5. The summed E-state index contributed by atoms with van der Waals surface area (Å²) in [7, 11) is 0. The number of allylic oxidation sites excluding steroid dienone is 12. The summed E-state index contributed by atoms with van der Waals surface area (Å²) in [4.78, 5) is 0. The van der Waals surface area contributed by atoms with Gasteiger partial charge in [-0.25, -0.2) is 0 Å². The number of phenolic OH excluding ortho intramolecular Hbond substituents is 1. The third kappa shape index (κ3) is 4.09. The van der Waals surface area contributed by atoms with E-state index in [2.05, 4.69) is 45.1 Å². The molecule has 0 atom stereocenters. The lowest BCUT2D eigenvalue weighted by atomic mass is 9.62. The second kappa shape index (κ2) is 8.54. The Bertz CT molecular complexity index is 1030. The van der Waals surface area contributed by atoms with Crippen LogP contribution >= 0.6 is 0 Å². The Morgan fingerprint density at radius 3 is 1.34 bits per heavy atom. The van der Waals surface area contributed by atoms with Crippen molar-refractivity contribution < 1.29 is 15.3 Å². The summed E-state index contributed by atoms with van der Waals surface area (Å²) in [5.74, 6) is 1.19. The zero-order valence-electron chi connectivity index (χ0n) is 19.4. The summed E-state index contributed by atoms with van der Waals surface area (Å²) < 4.78 is 0. The van der Waals surface area contributed by atoms with Crippen LogP contribution in [0.2, 0.25) is 0 Å². The molecule has 3 nitrogen and oxygen atoms in total. The molecule has 3 aliphatic rings. The first-order valence-electron chi connectivity index (χ1n) is 11.6. The lowest BCUT2D eigenvalue weighted by Crippen LogP contribution is -2.29. The predicted molar refractivity (Wildman–Crippen MR) is 131 cm³/mol. The highest BCUT2D eigenvalue weighted by Gasteiger charge is 2.39. The minimum absolute atomic E-state index is 0.108. The van der Waals surface area contributed by atoms with Gasteiger partial charge < -0.3 is 15.3 Å². The first kappa shape index (κ1) is 22.3. The molecule has 0 unspecified atom stereocenters. The molecule has 4 rings (SSSR count). The normalized spacial score (nSPS) is 19.8. The molecule has 0 spiro atoms. The third-order valence-corrected chi connectivity index (χ3v) is 7.72. The van der Waals surface area contributed by atoms with Gasteiger partial charge in [0.15, 0.2) is 0 Å². The van der Waals surface area contributed by atoms with E-state index in [9.17, 15) is 15.3 Å². The molecule has 1 aromatic carbocycles. The Hall–Kier alpha value is -2.94. The number of aromatic hydroxyl groups is 1. The van der Waals surface area contributed by atoms with Crippen LogP contribution in [-0.2, 0) is 5.41 Å². The van der Waals surface area contributed by atoms with Gasteiger partial charge in [0, 0.05) is 23.7 Å². The van der Waals surface area contributed by atoms with E-state index in [0.717, 1.165) is 25.7 Å². The minimum Gasteiger partial charge on any atom is -0.512 e. The molecule has 0 heterocycles. The molecule has 3 N–H and O–H groups in total. The zero-order chi connectivity index (χ0) is 22.9. The van der Waals surface area contributed by atoms with Gasteiger partial charge in [-0.15, -0.1) is 0 Å². The van der Waals surface area contributed by atoms with Crippen molar-refractivity contribution in [1.29, 1.82) is 0 Å².